The molecule has 0 atom stereocenters. The monoisotopic (exact) mass is 361 g/mol. The van der Waals surface area contributed by atoms with Gasteiger partial charge in [0.15, 0.2) is 0 Å². The maximum Gasteiger partial charge on any atom is 0.273 e. The second-order valence-electron chi connectivity index (χ2n) is 6.94. The highest BCUT2D eigenvalue weighted by Crippen LogP contribution is 2.26. The van der Waals surface area contributed by atoms with Gasteiger partial charge in [0.1, 0.15) is 16.5 Å². The summed E-state index contributed by atoms with van der Waals surface area (Å²) in [4.78, 5) is 18.8. The van der Waals surface area contributed by atoms with Crippen LogP contribution in [0.25, 0.3) is 10.6 Å². The van der Waals surface area contributed by atoms with E-state index in [0.717, 1.165) is 22.7 Å². The van der Waals surface area contributed by atoms with Crippen LogP contribution in [-0.2, 0) is 0 Å². The lowest BCUT2D eigenvalue weighted by Gasteiger charge is -2.28. The molecule has 2 aromatic rings. The predicted octanol–water partition coefficient (Wildman–Crippen LogP) is 3.66. The van der Waals surface area contributed by atoms with Crippen LogP contribution in [0.5, 0.6) is 5.75 Å². The second-order valence-corrected chi connectivity index (χ2v) is 7.80. The highest BCUT2D eigenvalue weighted by atomic mass is 32.1. The third-order valence-electron chi connectivity index (χ3n) is 3.86. The Morgan fingerprint density at radius 1 is 1.32 bits per heavy atom. The van der Waals surface area contributed by atoms with Crippen molar-refractivity contribution in [3.8, 4) is 16.3 Å². The Kier molecular flexibility index (Phi) is 6.56. The van der Waals surface area contributed by atoms with Gasteiger partial charge in [0, 0.05) is 24.5 Å². The van der Waals surface area contributed by atoms with E-state index in [0.29, 0.717) is 25.4 Å². The molecule has 5 nitrogen and oxygen atoms in total. The largest absolute Gasteiger partial charge is 0.494 e. The first-order valence-electron chi connectivity index (χ1n) is 8.50. The maximum atomic E-state index is 12.6. The van der Waals surface area contributed by atoms with E-state index in [1.165, 1.54) is 11.3 Å². The molecule has 0 bridgehead atoms. The normalized spacial score (nSPS) is 11.4. The summed E-state index contributed by atoms with van der Waals surface area (Å²) < 4.78 is 5.59. The summed E-state index contributed by atoms with van der Waals surface area (Å²) in [7, 11) is 1.79. The molecular weight excluding hydrogens is 334 g/mol. The zero-order chi connectivity index (χ0) is 18.4. The molecule has 0 fully saturated rings. The highest BCUT2D eigenvalue weighted by molar-refractivity contribution is 7.13. The summed E-state index contributed by atoms with van der Waals surface area (Å²) in [5.41, 5.74) is 7.10. The first kappa shape index (κ1) is 19.4. The number of carbonyl (C=O) groups excluding carboxylic acids is 1. The highest BCUT2D eigenvalue weighted by Gasteiger charge is 2.23. The number of ether oxygens (including phenoxy) is 1. The third kappa shape index (κ3) is 5.28. The van der Waals surface area contributed by atoms with Crippen LogP contribution in [0.4, 0.5) is 0 Å². The number of nitrogens with zero attached hydrogens (tertiary/aromatic N) is 2. The summed E-state index contributed by atoms with van der Waals surface area (Å²) in [6.45, 7) is 8.00. The molecule has 2 N–H and O–H groups in total. The van der Waals surface area contributed by atoms with Crippen LogP contribution in [0, 0.1) is 5.41 Å². The van der Waals surface area contributed by atoms with Crippen molar-refractivity contribution in [1.82, 2.24) is 9.88 Å². The molecule has 0 radical (unpaired) electrons. The SMILES string of the molecule is CCCOc1ccc(-c2nc(C(=O)N(C)CC(C)(C)CN)cs2)cc1. The average molecular weight is 362 g/mol. The zero-order valence-corrected chi connectivity index (χ0v) is 16.2. The van der Waals surface area contributed by atoms with Gasteiger partial charge in [-0.1, -0.05) is 20.8 Å². The Bertz CT molecular complexity index is 695. The van der Waals surface area contributed by atoms with E-state index in [1.807, 2.05) is 43.5 Å². The van der Waals surface area contributed by atoms with E-state index in [4.69, 9.17) is 10.5 Å². The van der Waals surface area contributed by atoms with Crippen LogP contribution in [0.3, 0.4) is 0 Å². The van der Waals surface area contributed by atoms with E-state index in [9.17, 15) is 4.79 Å². The molecule has 0 spiro atoms. The van der Waals surface area contributed by atoms with E-state index in [1.54, 1.807) is 11.9 Å². The number of rotatable bonds is 8. The van der Waals surface area contributed by atoms with Gasteiger partial charge < -0.3 is 15.4 Å². The van der Waals surface area contributed by atoms with Crippen molar-refractivity contribution in [2.45, 2.75) is 27.2 Å². The summed E-state index contributed by atoms with van der Waals surface area (Å²) in [5, 5.41) is 2.64. The van der Waals surface area contributed by atoms with Gasteiger partial charge in [-0.3, -0.25) is 4.79 Å². The van der Waals surface area contributed by atoms with Gasteiger partial charge in [0.2, 0.25) is 0 Å². The Morgan fingerprint density at radius 2 is 2.00 bits per heavy atom. The van der Waals surface area contributed by atoms with Crippen LogP contribution >= 0.6 is 11.3 Å². The third-order valence-corrected chi connectivity index (χ3v) is 4.75. The minimum Gasteiger partial charge on any atom is -0.494 e. The molecule has 0 aliphatic carbocycles. The number of thiazole rings is 1. The zero-order valence-electron chi connectivity index (χ0n) is 15.4. The average Bonchev–Trinajstić information content (AvgIpc) is 3.09. The van der Waals surface area contributed by atoms with Gasteiger partial charge in [0.25, 0.3) is 5.91 Å². The molecule has 136 valence electrons. The number of aromatic nitrogens is 1. The Balaban J connectivity index is 2.07. The van der Waals surface area contributed by atoms with Crippen molar-refractivity contribution in [3.05, 3.63) is 35.3 Å². The first-order valence-corrected chi connectivity index (χ1v) is 9.38. The second kappa shape index (κ2) is 8.45. The van der Waals surface area contributed by atoms with Gasteiger partial charge in [-0.25, -0.2) is 4.98 Å². The molecule has 0 unspecified atom stereocenters. The minimum atomic E-state index is -0.114. The molecule has 0 aliphatic heterocycles. The number of hydrogen-bond acceptors (Lipinski definition) is 5. The van der Waals surface area contributed by atoms with Crippen LogP contribution < -0.4 is 10.5 Å². The van der Waals surface area contributed by atoms with E-state index in [2.05, 4.69) is 11.9 Å². The molecule has 1 amide bonds. The fourth-order valence-electron chi connectivity index (χ4n) is 2.39. The van der Waals surface area contributed by atoms with Crippen LogP contribution in [0.1, 0.15) is 37.7 Å². The molecule has 1 aromatic heterocycles. The molecule has 0 saturated carbocycles. The summed E-state index contributed by atoms with van der Waals surface area (Å²) >= 11 is 1.47. The Hall–Kier alpha value is -1.92. The lowest BCUT2D eigenvalue weighted by Crippen LogP contribution is -2.39. The van der Waals surface area contributed by atoms with Gasteiger partial charge in [-0.05, 0) is 42.6 Å². The number of hydrogen-bond donors (Lipinski definition) is 1. The summed E-state index contributed by atoms with van der Waals surface area (Å²) in [6, 6.07) is 7.81. The van der Waals surface area contributed by atoms with Crippen LogP contribution in [-0.4, -0.2) is 42.5 Å². The fraction of sp³-hybridized carbons (Fsp3) is 0.474. The van der Waals surface area contributed by atoms with E-state index < -0.39 is 0 Å². The maximum absolute atomic E-state index is 12.6. The molecule has 0 saturated heterocycles. The molecule has 0 aliphatic rings. The summed E-state index contributed by atoms with van der Waals surface area (Å²) in [6.07, 6.45) is 0.980. The summed E-state index contributed by atoms with van der Waals surface area (Å²) in [5.74, 6) is 0.772. The smallest absolute Gasteiger partial charge is 0.273 e. The van der Waals surface area contributed by atoms with Gasteiger partial charge >= 0.3 is 0 Å². The van der Waals surface area contributed by atoms with Gasteiger partial charge in [-0.2, -0.15) is 0 Å². The van der Waals surface area contributed by atoms with Crippen molar-refractivity contribution in [3.63, 3.8) is 0 Å². The van der Waals surface area contributed by atoms with Crippen LogP contribution in [0.2, 0.25) is 0 Å². The number of benzene rings is 1. The number of carbonyl (C=O) groups is 1. The van der Waals surface area contributed by atoms with Crippen LogP contribution in [0.15, 0.2) is 29.6 Å². The lowest BCUT2D eigenvalue weighted by atomic mass is 9.93. The lowest BCUT2D eigenvalue weighted by molar-refractivity contribution is 0.0735. The topological polar surface area (TPSA) is 68.5 Å². The van der Waals surface area contributed by atoms with Gasteiger partial charge in [-0.15, -0.1) is 11.3 Å². The van der Waals surface area contributed by atoms with Crippen molar-refractivity contribution in [1.29, 1.82) is 0 Å². The van der Waals surface area contributed by atoms with Gasteiger partial charge in [0.05, 0.1) is 6.61 Å². The van der Waals surface area contributed by atoms with E-state index in [-0.39, 0.29) is 11.3 Å². The first-order chi connectivity index (χ1) is 11.9. The molecule has 25 heavy (non-hydrogen) atoms. The Labute approximate surface area is 153 Å². The number of amides is 1. The standard InChI is InChI=1S/C19H27N3O2S/c1-5-10-24-15-8-6-14(7-9-15)17-21-16(11-25-17)18(23)22(4)13-19(2,3)12-20/h6-9,11H,5,10,12-13,20H2,1-4H3. The molecule has 1 aromatic carbocycles. The van der Waals surface area contributed by atoms with Crippen molar-refractivity contribution in [2.24, 2.45) is 11.1 Å². The molecular formula is C19H27N3O2S. The number of nitrogens with two attached hydrogens (primary N) is 1. The molecule has 2 rings (SSSR count). The predicted molar refractivity (Wildman–Crippen MR) is 103 cm³/mol. The van der Waals surface area contributed by atoms with Crippen molar-refractivity contribution < 1.29 is 9.53 Å². The van der Waals surface area contributed by atoms with Crippen molar-refractivity contribution >= 4 is 17.2 Å². The minimum absolute atomic E-state index is 0.0769. The molecule has 1 heterocycles. The van der Waals surface area contributed by atoms with E-state index >= 15 is 0 Å². The fourth-order valence-corrected chi connectivity index (χ4v) is 3.19. The molecule has 6 heteroatoms. The Morgan fingerprint density at radius 3 is 2.60 bits per heavy atom. The quantitative estimate of drug-likeness (QED) is 0.779. The van der Waals surface area contributed by atoms with Crippen molar-refractivity contribution in [2.75, 3.05) is 26.7 Å².